The fourth-order valence-corrected chi connectivity index (χ4v) is 5.73. The lowest BCUT2D eigenvalue weighted by atomic mass is 9.87. The van der Waals surface area contributed by atoms with Crippen LogP contribution in [0.5, 0.6) is 5.75 Å². The third-order valence-corrected chi connectivity index (χ3v) is 7.80. The number of hydrogen-bond donors (Lipinski definition) is 0. The maximum atomic E-state index is 13.1. The second-order valence-corrected chi connectivity index (χ2v) is 11.1. The molecule has 3 saturated heterocycles. The summed E-state index contributed by atoms with van der Waals surface area (Å²) < 4.78 is 17.4. The van der Waals surface area contributed by atoms with Crippen LogP contribution in [0.2, 0.25) is 0 Å². The Morgan fingerprint density at radius 3 is 2.46 bits per heavy atom. The van der Waals surface area contributed by atoms with Gasteiger partial charge in [-0.15, -0.1) is 0 Å². The molecule has 200 valence electrons. The first-order valence-electron chi connectivity index (χ1n) is 13.6. The molecule has 0 N–H and O–H groups in total. The van der Waals surface area contributed by atoms with E-state index in [1.807, 2.05) is 21.9 Å². The second kappa shape index (κ2) is 11.3. The van der Waals surface area contributed by atoms with Crippen LogP contribution >= 0.6 is 0 Å². The van der Waals surface area contributed by atoms with Crippen LogP contribution < -0.4 is 4.74 Å². The number of rotatable bonds is 6. The first-order chi connectivity index (χ1) is 17.9. The fraction of sp³-hybridized carbons (Fsp3) is 0.586. The number of nitrogens with zero attached hydrogens (tertiary/aromatic N) is 3. The van der Waals surface area contributed by atoms with E-state index in [1.54, 1.807) is 12.1 Å². The van der Waals surface area contributed by atoms with Crippen molar-refractivity contribution in [3.63, 3.8) is 0 Å². The summed E-state index contributed by atoms with van der Waals surface area (Å²) in [4.78, 5) is 31.8. The topological polar surface area (TPSA) is 75.5 Å². The first-order valence-corrected chi connectivity index (χ1v) is 13.6. The Labute approximate surface area is 219 Å². The molecule has 8 heteroatoms. The van der Waals surface area contributed by atoms with Gasteiger partial charge in [-0.05, 0) is 56.5 Å². The van der Waals surface area contributed by atoms with Crippen molar-refractivity contribution in [1.82, 2.24) is 14.7 Å². The van der Waals surface area contributed by atoms with Crippen LogP contribution in [0, 0.1) is 5.92 Å². The smallest absolute Gasteiger partial charge is 0.289 e. The van der Waals surface area contributed by atoms with E-state index in [0.717, 1.165) is 64.2 Å². The van der Waals surface area contributed by atoms with E-state index in [2.05, 4.69) is 30.9 Å². The molecule has 1 unspecified atom stereocenters. The number of amides is 2. The largest absolute Gasteiger partial charge is 0.490 e. The van der Waals surface area contributed by atoms with E-state index in [1.165, 1.54) is 11.8 Å². The summed E-state index contributed by atoms with van der Waals surface area (Å²) in [7, 11) is 0. The number of carbonyl (C=O) groups excluding carboxylic acids is 2. The Kier molecular flexibility index (Phi) is 7.86. The van der Waals surface area contributed by atoms with Crippen molar-refractivity contribution in [2.45, 2.75) is 57.8 Å². The van der Waals surface area contributed by atoms with Gasteiger partial charge in [-0.25, -0.2) is 0 Å². The minimum Gasteiger partial charge on any atom is -0.490 e. The number of hydrogen-bond acceptors (Lipinski definition) is 6. The van der Waals surface area contributed by atoms with Crippen molar-refractivity contribution in [3.05, 3.63) is 54.0 Å². The molecule has 2 aromatic rings. The summed E-state index contributed by atoms with van der Waals surface area (Å²) in [5.74, 6) is 1.61. The normalized spacial score (nSPS) is 23.1. The van der Waals surface area contributed by atoms with Crippen molar-refractivity contribution in [2.24, 2.45) is 5.92 Å². The molecule has 0 bridgehead atoms. The van der Waals surface area contributed by atoms with Crippen LogP contribution in [-0.2, 0) is 16.1 Å². The van der Waals surface area contributed by atoms with Crippen LogP contribution in [0.25, 0.3) is 0 Å². The molecule has 1 aromatic carbocycles. The molecular formula is C29H39N3O5. The molecule has 0 saturated carbocycles. The number of carbonyl (C=O) groups is 2. The summed E-state index contributed by atoms with van der Waals surface area (Å²) >= 11 is 0. The Morgan fingerprint density at radius 1 is 0.973 bits per heavy atom. The fourth-order valence-electron chi connectivity index (χ4n) is 5.73. The van der Waals surface area contributed by atoms with Gasteiger partial charge in [0.1, 0.15) is 11.9 Å². The molecule has 2 amide bonds. The number of furan rings is 1. The molecule has 3 aliphatic heterocycles. The standard InChI is InChI=1S/C29H39N3O5/c1-29(2)20-23(10-18-36-29)27(33)31-11-8-24(9-12-31)37-25-6-3-5-22(19-25)21-30-13-15-32(16-14-30)28(34)26-7-4-17-35-26/h3-7,17,19,23-24H,8-16,18,20-21H2,1-2H3. The maximum absolute atomic E-state index is 13.1. The van der Waals surface area contributed by atoms with E-state index >= 15 is 0 Å². The zero-order valence-corrected chi connectivity index (χ0v) is 22.1. The van der Waals surface area contributed by atoms with Gasteiger partial charge in [0.2, 0.25) is 5.91 Å². The summed E-state index contributed by atoms with van der Waals surface area (Å²) in [5.41, 5.74) is 0.994. The zero-order chi connectivity index (χ0) is 25.8. The van der Waals surface area contributed by atoms with Crippen molar-refractivity contribution in [3.8, 4) is 5.75 Å². The third-order valence-electron chi connectivity index (χ3n) is 7.80. The molecule has 1 aromatic heterocycles. The SMILES string of the molecule is CC1(C)CC(C(=O)N2CCC(Oc3cccc(CN4CCN(C(=O)c5ccco5)CC4)c3)CC2)CCO1. The predicted molar refractivity (Wildman–Crippen MR) is 139 cm³/mol. The van der Waals surface area contributed by atoms with Crippen molar-refractivity contribution in [1.29, 1.82) is 0 Å². The maximum Gasteiger partial charge on any atom is 0.289 e. The molecule has 4 heterocycles. The first kappa shape index (κ1) is 25.8. The highest BCUT2D eigenvalue weighted by Crippen LogP contribution is 2.31. The highest BCUT2D eigenvalue weighted by molar-refractivity contribution is 5.91. The molecule has 0 spiro atoms. The highest BCUT2D eigenvalue weighted by atomic mass is 16.5. The van der Waals surface area contributed by atoms with Crippen LogP contribution in [0.4, 0.5) is 0 Å². The Morgan fingerprint density at radius 2 is 1.76 bits per heavy atom. The van der Waals surface area contributed by atoms with Crippen LogP contribution in [0.3, 0.4) is 0 Å². The lowest BCUT2D eigenvalue weighted by Crippen LogP contribution is -2.48. The van der Waals surface area contributed by atoms with Gasteiger partial charge in [0.25, 0.3) is 5.91 Å². The van der Waals surface area contributed by atoms with Crippen molar-refractivity contribution in [2.75, 3.05) is 45.9 Å². The molecule has 8 nitrogen and oxygen atoms in total. The number of ether oxygens (including phenoxy) is 2. The van der Waals surface area contributed by atoms with Gasteiger partial charge >= 0.3 is 0 Å². The Hall–Kier alpha value is -2.84. The highest BCUT2D eigenvalue weighted by Gasteiger charge is 2.36. The van der Waals surface area contributed by atoms with Gasteiger partial charge in [0, 0.05) is 71.2 Å². The summed E-state index contributed by atoms with van der Waals surface area (Å²) in [6.45, 7) is 10.2. The minimum absolute atomic E-state index is 0.0376. The van der Waals surface area contributed by atoms with Crippen molar-refractivity contribution >= 4 is 11.8 Å². The predicted octanol–water partition coefficient (Wildman–Crippen LogP) is 3.81. The lowest BCUT2D eigenvalue weighted by molar-refractivity contribution is -0.147. The van der Waals surface area contributed by atoms with Crippen LogP contribution in [0.1, 0.15) is 55.6 Å². The van der Waals surface area contributed by atoms with Gasteiger partial charge in [-0.1, -0.05) is 12.1 Å². The zero-order valence-electron chi connectivity index (χ0n) is 22.1. The van der Waals surface area contributed by atoms with Gasteiger partial charge in [-0.2, -0.15) is 0 Å². The number of piperidine rings is 1. The molecule has 0 radical (unpaired) electrons. The molecule has 3 aliphatic rings. The number of likely N-dealkylation sites (tertiary alicyclic amines) is 1. The summed E-state index contributed by atoms with van der Waals surface area (Å²) in [6, 6.07) is 11.8. The van der Waals surface area contributed by atoms with E-state index in [4.69, 9.17) is 13.9 Å². The molecular weight excluding hydrogens is 470 g/mol. The van der Waals surface area contributed by atoms with Gasteiger partial charge < -0.3 is 23.7 Å². The van der Waals surface area contributed by atoms with E-state index < -0.39 is 0 Å². The summed E-state index contributed by atoms with van der Waals surface area (Å²) in [6.07, 6.45) is 4.99. The monoisotopic (exact) mass is 509 g/mol. The molecule has 5 rings (SSSR count). The van der Waals surface area contributed by atoms with Crippen molar-refractivity contribution < 1.29 is 23.5 Å². The number of benzene rings is 1. The van der Waals surface area contributed by atoms with Crippen LogP contribution in [-0.4, -0.2) is 84.1 Å². The Bertz CT molecular complexity index is 1050. The lowest BCUT2D eigenvalue weighted by Gasteiger charge is -2.39. The second-order valence-electron chi connectivity index (χ2n) is 11.1. The molecule has 0 aliphatic carbocycles. The van der Waals surface area contributed by atoms with Gasteiger partial charge in [0.15, 0.2) is 5.76 Å². The van der Waals surface area contributed by atoms with E-state index in [0.29, 0.717) is 25.5 Å². The summed E-state index contributed by atoms with van der Waals surface area (Å²) in [5, 5.41) is 0. The Balaban J connectivity index is 1.07. The van der Waals surface area contributed by atoms with Gasteiger partial charge in [-0.3, -0.25) is 14.5 Å². The van der Waals surface area contributed by atoms with E-state index in [-0.39, 0.29) is 29.4 Å². The van der Waals surface area contributed by atoms with E-state index in [9.17, 15) is 9.59 Å². The minimum atomic E-state index is -0.212. The van der Waals surface area contributed by atoms with Gasteiger partial charge in [0.05, 0.1) is 11.9 Å². The molecule has 1 atom stereocenters. The average Bonchev–Trinajstić information content (AvgIpc) is 3.44. The third kappa shape index (κ3) is 6.54. The average molecular weight is 510 g/mol. The quantitative estimate of drug-likeness (QED) is 0.590. The molecule has 3 fully saturated rings. The molecule has 37 heavy (non-hydrogen) atoms. The number of piperazine rings is 1. The van der Waals surface area contributed by atoms with Crippen LogP contribution in [0.15, 0.2) is 47.1 Å².